The molecule has 0 fully saturated rings. The van der Waals surface area contributed by atoms with Crippen molar-refractivity contribution in [2.24, 2.45) is 0 Å². The fourth-order valence-corrected chi connectivity index (χ4v) is 3.81. The van der Waals surface area contributed by atoms with Crippen molar-refractivity contribution in [1.82, 2.24) is 9.55 Å². The van der Waals surface area contributed by atoms with Crippen LogP contribution >= 0.6 is 11.6 Å². The normalized spacial score (nSPS) is 12.0. The molecule has 0 aliphatic heterocycles. The SMILES string of the molecule is COc1cccc(OCCCn2c(C(C)Oc3ccc(Cl)c(C)c3)nc3ccccc32)c1. The lowest BCUT2D eigenvalue weighted by Gasteiger charge is -2.17. The molecule has 0 saturated carbocycles. The number of rotatable bonds is 9. The average molecular weight is 451 g/mol. The Hall–Kier alpha value is -3.18. The van der Waals surface area contributed by atoms with E-state index in [2.05, 4.69) is 10.6 Å². The van der Waals surface area contributed by atoms with Crippen LogP contribution < -0.4 is 14.2 Å². The molecule has 0 N–H and O–H groups in total. The molecule has 1 aromatic heterocycles. The van der Waals surface area contributed by atoms with Crippen LogP contribution in [-0.2, 0) is 6.54 Å². The second-order valence-corrected chi connectivity index (χ2v) is 8.07. The van der Waals surface area contributed by atoms with E-state index in [-0.39, 0.29) is 6.10 Å². The molecule has 6 heteroatoms. The molecule has 166 valence electrons. The van der Waals surface area contributed by atoms with Gasteiger partial charge in [-0.15, -0.1) is 0 Å². The number of imidazole rings is 1. The lowest BCUT2D eigenvalue weighted by molar-refractivity contribution is 0.209. The molecule has 4 rings (SSSR count). The lowest BCUT2D eigenvalue weighted by atomic mass is 10.2. The van der Waals surface area contributed by atoms with E-state index in [1.165, 1.54) is 0 Å². The largest absolute Gasteiger partial charge is 0.497 e. The number of benzene rings is 3. The van der Waals surface area contributed by atoms with Crippen LogP contribution in [0.4, 0.5) is 0 Å². The summed E-state index contributed by atoms with van der Waals surface area (Å²) in [6.45, 7) is 5.35. The smallest absolute Gasteiger partial charge is 0.153 e. The van der Waals surface area contributed by atoms with Gasteiger partial charge in [-0.2, -0.15) is 0 Å². The minimum absolute atomic E-state index is 0.220. The van der Waals surface area contributed by atoms with E-state index in [4.69, 9.17) is 30.8 Å². The number of halogens is 1. The summed E-state index contributed by atoms with van der Waals surface area (Å²) in [5, 5.41) is 0.730. The first-order valence-corrected chi connectivity index (χ1v) is 11.1. The zero-order chi connectivity index (χ0) is 22.5. The molecule has 5 nitrogen and oxygen atoms in total. The number of hydrogen-bond acceptors (Lipinski definition) is 4. The summed E-state index contributed by atoms with van der Waals surface area (Å²) in [6.07, 6.45) is 0.611. The first-order valence-electron chi connectivity index (χ1n) is 10.7. The van der Waals surface area contributed by atoms with E-state index >= 15 is 0 Å². The summed E-state index contributed by atoms with van der Waals surface area (Å²) in [5.74, 6) is 3.25. The number of para-hydroxylation sites is 2. The summed E-state index contributed by atoms with van der Waals surface area (Å²) < 4.78 is 19.6. The fraction of sp³-hybridized carbons (Fsp3) is 0.269. The molecule has 1 unspecified atom stereocenters. The Morgan fingerprint density at radius 3 is 2.59 bits per heavy atom. The van der Waals surface area contributed by atoms with E-state index in [0.29, 0.717) is 6.61 Å². The summed E-state index contributed by atoms with van der Waals surface area (Å²) in [7, 11) is 1.65. The molecule has 1 atom stereocenters. The molecule has 1 heterocycles. The third-order valence-electron chi connectivity index (χ3n) is 5.33. The first kappa shape index (κ1) is 22.0. The number of aromatic nitrogens is 2. The van der Waals surface area contributed by atoms with E-state index in [1.54, 1.807) is 7.11 Å². The molecule has 0 aliphatic rings. The maximum atomic E-state index is 6.22. The van der Waals surface area contributed by atoms with Crippen LogP contribution in [0, 0.1) is 6.92 Å². The van der Waals surface area contributed by atoms with Crippen LogP contribution in [0.2, 0.25) is 5.02 Å². The van der Waals surface area contributed by atoms with Crippen molar-refractivity contribution in [3.05, 3.63) is 83.1 Å². The van der Waals surface area contributed by atoms with E-state index in [9.17, 15) is 0 Å². The molecule has 0 bridgehead atoms. The highest BCUT2D eigenvalue weighted by Gasteiger charge is 2.18. The van der Waals surface area contributed by atoms with Crippen molar-refractivity contribution in [3.8, 4) is 17.2 Å². The zero-order valence-corrected chi connectivity index (χ0v) is 19.3. The van der Waals surface area contributed by atoms with Crippen molar-refractivity contribution in [2.45, 2.75) is 32.9 Å². The molecule has 3 aromatic carbocycles. The predicted molar refractivity (Wildman–Crippen MR) is 128 cm³/mol. The van der Waals surface area contributed by atoms with Crippen molar-refractivity contribution < 1.29 is 14.2 Å². The van der Waals surface area contributed by atoms with E-state index in [1.807, 2.05) is 74.5 Å². The molecule has 4 aromatic rings. The van der Waals surface area contributed by atoms with E-state index < -0.39 is 0 Å². The monoisotopic (exact) mass is 450 g/mol. The maximum absolute atomic E-state index is 6.22. The van der Waals surface area contributed by atoms with Crippen LogP contribution in [-0.4, -0.2) is 23.3 Å². The summed E-state index contributed by atoms with van der Waals surface area (Å²) >= 11 is 6.15. The van der Waals surface area contributed by atoms with Gasteiger partial charge in [0.25, 0.3) is 0 Å². The average Bonchev–Trinajstić information content (AvgIpc) is 3.18. The lowest BCUT2D eigenvalue weighted by Crippen LogP contribution is -2.13. The predicted octanol–water partition coefficient (Wildman–Crippen LogP) is 6.62. The molecule has 0 amide bonds. The minimum Gasteiger partial charge on any atom is -0.497 e. The number of aryl methyl sites for hydroxylation is 2. The fourth-order valence-electron chi connectivity index (χ4n) is 3.69. The summed E-state index contributed by atoms with van der Waals surface area (Å²) in [6, 6.07) is 21.5. The van der Waals surface area contributed by atoms with Gasteiger partial charge in [-0.25, -0.2) is 4.98 Å². The Balaban J connectivity index is 1.48. The van der Waals surface area contributed by atoms with Crippen LogP contribution in [0.5, 0.6) is 17.2 Å². The standard InChI is InChI=1S/C26H27ClN2O3/c1-18-16-22(12-13-23(18)27)32-19(2)26-28-24-10-4-5-11-25(24)29(26)14-7-15-31-21-9-6-8-20(17-21)30-3/h4-6,8-13,16-17,19H,7,14-15H2,1-3H3. The van der Waals surface area contributed by atoms with Gasteiger partial charge in [0, 0.05) is 17.6 Å². The molecule has 0 spiro atoms. The Morgan fingerprint density at radius 1 is 0.969 bits per heavy atom. The third kappa shape index (κ3) is 5.00. The maximum Gasteiger partial charge on any atom is 0.153 e. The van der Waals surface area contributed by atoms with Gasteiger partial charge >= 0.3 is 0 Å². The van der Waals surface area contributed by atoms with E-state index in [0.717, 1.165) is 57.7 Å². The van der Waals surface area contributed by atoms with Gasteiger partial charge in [0.05, 0.1) is 24.8 Å². The Bertz CT molecular complexity index is 1200. The van der Waals surface area contributed by atoms with Crippen molar-refractivity contribution in [2.75, 3.05) is 13.7 Å². The summed E-state index contributed by atoms with van der Waals surface area (Å²) in [4.78, 5) is 4.86. The molecular formula is C26H27ClN2O3. The van der Waals surface area contributed by atoms with Gasteiger partial charge in [0.15, 0.2) is 11.9 Å². The second-order valence-electron chi connectivity index (χ2n) is 7.66. The topological polar surface area (TPSA) is 45.5 Å². The first-order chi connectivity index (χ1) is 15.5. The number of methoxy groups -OCH3 is 1. The highest BCUT2D eigenvalue weighted by Crippen LogP contribution is 2.28. The molecule has 0 saturated heterocycles. The summed E-state index contributed by atoms with van der Waals surface area (Å²) in [5.41, 5.74) is 3.03. The highest BCUT2D eigenvalue weighted by molar-refractivity contribution is 6.31. The van der Waals surface area contributed by atoms with Crippen LogP contribution in [0.3, 0.4) is 0 Å². The van der Waals surface area contributed by atoms with Gasteiger partial charge in [0.2, 0.25) is 0 Å². The third-order valence-corrected chi connectivity index (χ3v) is 5.75. The van der Waals surface area contributed by atoms with Gasteiger partial charge in [0.1, 0.15) is 17.2 Å². The Kier molecular flexibility index (Phi) is 6.86. The van der Waals surface area contributed by atoms with Crippen LogP contribution in [0.25, 0.3) is 11.0 Å². The van der Waals surface area contributed by atoms with Gasteiger partial charge in [-0.3, -0.25) is 0 Å². The second kappa shape index (κ2) is 9.96. The van der Waals surface area contributed by atoms with Crippen molar-refractivity contribution >= 4 is 22.6 Å². The van der Waals surface area contributed by atoms with Gasteiger partial charge < -0.3 is 18.8 Å². The van der Waals surface area contributed by atoms with Crippen molar-refractivity contribution in [1.29, 1.82) is 0 Å². The van der Waals surface area contributed by atoms with Gasteiger partial charge in [-0.1, -0.05) is 29.8 Å². The highest BCUT2D eigenvalue weighted by atomic mass is 35.5. The minimum atomic E-state index is -0.220. The quantitative estimate of drug-likeness (QED) is 0.269. The zero-order valence-electron chi connectivity index (χ0n) is 18.5. The number of hydrogen-bond donors (Lipinski definition) is 0. The van der Waals surface area contributed by atoms with Crippen LogP contribution in [0.15, 0.2) is 66.7 Å². The van der Waals surface area contributed by atoms with Crippen molar-refractivity contribution in [3.63, 3.8) is 0 Å². The Morgan fingerprint density at radius 2 is 1.78 bits per heavy atom. The number of fused-ring (bicyclic) bond motifs is 1. The van der Waals surface area contributed by atoms with Gasteiger partial charge in [-0.05, 0) is 68.3 Å². The molecular weight excluding hydrogens is 424 g/mol. The molecule has 0 radical (unpaired) electrons. The number of nitrogens with zero attached hydrogens (tertiary/aromatic N) is 2. The molecule has 0 aliphatic carbocycles. The van der Waals surface area contributed by atoms with Crippen LogP contribution in [0.1, 0.15) is 30.8 Å². The Labute approximate surface area is 193 Å². The number of ether oxygens (including phenoxy) is 3. The molecule has 32 heavy (non-hydrogen) atoms.